The smallest absolute Gasteiger partial charge is 0.213 e. The molecule has 0 saturated heterocycles. The molecule has 0 spiro atoms. The predicted octanol–water partition coefficient (Wildman–Crippen LogP) is 4.07. The number of azo groups is 1. The van der Waals surface area contributed by atoms with Gasteiger partial charge in [0.1, 0.15) is 16.5 Å². The average Bonchev–Trinajstić information content (AvgIpc) is 2.46. The highest BCUT2D eigenvalue weighted by molar-refractivity contribution is 6.29. The second kappa shape index (κ2) is 6.20. The fourth-order valence-electron chi connectivity index (χ4n) is 1.55. The number of aromatic nitrogens is 1. The van der Waals surface area contributed by atoms with E-state index in [4.69, 9.17) is 11.6 Å². The van der Waals surface area contributed by atoms with Gasteiger partial charge in [-0.2, -0.15) is 10.2 Å². The van der Waals surface area contributed by atoms with Crippen LogP contribution in [0.15, 0.2) is 52.7 Å². The number of hydrogen-bond acceptors (Lipinski definition) is 4. The zero-order valence-electron chi connectivity index (χ0n) is 10.4. The third-order valence-electron chi connectivity index (χ3n) is 2.41. The van der Waals surface area contributed by atoms with Gasteiger partial charge in [0.05, 0.1) is 6.54 Å². The van der Waals surface area contributed by atoms with Crippen molar-refractivity contribution in [1.29, 1.82) is 0 Å². The lowest BCUT2D eigenvalue weighted by Crippen LogP contribution is -2.04. The molecule has 0 radical (unpaired) electrons. The number of carbonyl (C=O) groups is 1. The predicted molar refractivity (Wildman–Crippen MR) is 74.2 cm³/mol. The van der Waals surface area contributed by atoms with Gasteiger partial charge in [0.2, 0.25) is 5.78 Å². The van der Waals surface area contributed by atoms with Crippen molar-refractivity contribution >= 4 is 23.1 Å². The Bertz CT molecular complexity index is 611. The Morgan fingerprint density at radius 1 is 1.21 bits per heavy atom. The van der Waals surface area contributed by atoms with E-state index in [1.54, 1.807) is 36.4 Å². The van der Waals surface area contributed by atoms with Gasteiger partial charge in [-0.25, -0.2) is 4.98 Å². The van der Waals surface area contributed by atoms with Crippen molar-refractivity contribution in [2.24, 2.45) is 10.2 Å². The molecule has 0 atom stereocenters. The van der Waals surface area contributed by atoms with Crippen LogP contribution in [0.5, 0.6) is 0 Å². The van der Waals surface area contributed by atoms with Gasteiger partial charge in [-0.1, -0.05) is 41.9 Å². The molecule has 2 aromatic rings. The molecule has 0 bridgehead atoms. The molecule has 0 N–H and O–H groups in total. The minimum atomic E-state index is -0.215. The van der Waals surface area contributed by atoms with Crippen LogP contribution in [0.4, 0.5) is 5.69 Å². The minimum absolute atomic E-state index is 0.215. The fraction of sp³-hybridized carbons (Fsp3) is 0.143. The maximum absolute atomic E-state index is 12.4. The van der Waals surface area contributed by atoms with Crippen molar-refractivity contribution in [1.82, 2.24) is 4.98 Å². The van der Waals surface area contributed by atoms with Gasteiger partial charge in [0.15, 0.2) is 0 Å². The van der Waals surface area contributed by atoms with Crippen molar-refractivity contribution in [3.05, 3.63) is 58.9 Å². The van der Waals surface area contributed by atoms with E-state index in [2.05, 4.69) is 15.2 Å². The van der Waals surface area contributed by atoms with E-state index in [1.807, 2.05) is 13.0 Å². The molecule has 0 aliphatic heterocycles. The Labute approximate surface area is 116 Å². The molecule has 0 fully saturated rings. The van der Waals surface area contributed by atoms with E-state index in [1.165, 1.54) is 0 Å². The van der Waals surface area contributed by atoms with Crippen LogP contribution < -0.4 is 0 Å². The summed E-state index contributed by atoms with van der Waals surface area (Å²) in [7, 11) is 0. The van der Waals surface area contributed by atoms with Crippen LogP contribution in [0.1, 0.15) is 23.0 Å². The zero-order chi connectivity index (χ0) is 13.7. The number of halogens is 1. The maximum Gasteiger partial charge on any atom is 0.213 e. The van der Waals surface area contributed by atoms with Crippen LogP contribution in [0, 0.1) is 0 Å². The first-order valence-electron chi connectivity index (χ1n) is 5.86. The Morgan fingerprint density at radius 2 is 1.95 bits per heavy atom. The Kier molecular flexibility index (Phi) is 4.36. The van der Waals surface area contributed by atoms with E-state index in [0.29, 0.717) is 17.8 Å². The lowest BCUT2D eigenvalue weighted by Gasteiger charge is -2.04. The molecule has 19 heavy (non-hydrogen) atoms. The first-order valence-corrected chi connectivity index (χ1v) is 6.24. The van der Waals surface area contributed by atoms with Crippen LogP contribution in [0.3, 0.4) is 0 Å². The van der Waals surface area contributed by atoms with Gasteiger partial charge >= 0.3 is 0 Å². The SMILES string of the molecule is CC/N=N/c1ccc(Cl)nc1C(=O)c1ccccc1. The van der Waals surface area contributed by atoms with Gasteiger partial charge in [-0.15, -0.1) is 0 Å². The first-order chi connectivity index (χ1) is 9.22. The van der Waals surface area contributed by atoms with Crippen LogP contribution in [0.25, 0.3) is 0 Å². The number of pyridine rings is 1. The van der Waals surface area contributed by atoms with E-state index in [0.717, 1.165) is 0 Å². The number of hydrogen-bond donors (Lipinski definition) is 0. The summed E-state index contributed by atoms with van der Waals surface area (Å²) < 4.78 is 0. The molecule has 5 heteroatoms. The van der Waals surface area contributed by atoms with E-state index in [9.17, 15) is 4.79 Å². The second-order valence-electron chi connectivity index (χ2n) is 3.75. The molecule has 0 amide bonds. The Hall–Kier alpha value is -2.07. The average molecular weight is 274 g/mol. The van der Waals surface area contributed by atoms with Gasteiger partial charge in [-0.05, 0) is 19.1 Å². The van der Waals surface area contributed by atoms with E-state index >= 15 is 0 Å². The standard InChI is InChI=1S/C14H12ClN3O/c1-2-16-18-11-8-9-12(15)17-13(11)14(19)10-6-4-3-5-7-10/h3-9H,2H2,1H3/b18-16+. The molecule has 0 aliphatic carbocycles. The van der Waals surface area contributed by atoms with Crippen LogP contribution in [-0.4, -0.2) is 17.3 Å². The van der Waals surface area contributed by atoms with Crippen molar-refractivity contribution in [2.45, 2.75) is 6.92 Å². The summed E-state index contributed by atoms with van der Waals surface area (Å²) in [5.74, 6) is -0.215. The monoisotopic (exact) mass is 273 g/mol. The molecule has 1 aromatic heterocycles. The van der Waals surface area contributed by atoms with Crippen molar-refractivity contribution < 1.29 is 4.79 Å². The second-order valence-corrected chi connectivity index (χ2v) is 4.14. The molecule has 1 aromatic carbocycles. The largest absolute Gasteiger partial charge is 0.287 e. The molecular formula is C14H12ClN3O. The summed E-state index contributed by atoms with van der Waals surface area (Å²) in [6.07, 6.45) is 0. The number of carbonyl (C=O) groups excluding carboxylic acids is 1. The number of ketones is 1. The fourth-order valence-corrected chi connectivity index (χ4v) is 1.70. The van der Waals surface area contributed by atoms with Crippen molar-refractivity contribution in [3.8, 4) is 0 Å². The first kappa shape index (κ1) is 13.4. The highest BCUT2D eigenvalue weighted by atomic mass is 35.5. The maximum atomic E-state index is 12.4. The quantitative estimate of drug-likeness (QED) is 0.479. The molecule has 4 nitrogen and oxygen atoms in total. The lowest BCUT2D eigenvalue weighted by molar-refractivity contribution is 0.103. The third kappa shape index (κ3) is 3.23. The highest BCUT2D eigenvalue weighted by Gasteiger charge is 2.15. The van der Waals surface area contributed by atoms with E-state index in [-0.39, 0.29) is 16.6 Å². The zero-order valence-corrected chi connectivity index (χ0v) is 11.1. The van der Waals surface area contributed by atoms with Crippen LogP contribution in [0.2, 0.25) is 5.15 Å². The third-order valence-corrected chi connectivity index (χ3v) is 2.62. The number of rotatable bonds is 4. The molecule has 0 unspecified atom stereocenters. The Balaban J connectivity index is 2.46. The number of nitrogens with zero attached hydrogens (tertiary/aromatic N) is 3. The lowest BCUT2D eigenvalue weighted by atomic mass is 10.1. The van der Waals surface area contributed by atoms with Crippen molar-refractivity contribution in [2.75, 3.05) is 6.54 Å². The van der Waals surface area contributed by atoms with Crippen LogP contribution in [-0.2, 0) is 0 Å². The summed E-state index contributed by atoms with van der Waals surface area (Å²) in [5.41, 5.74) is 1.20. The van der Waals surface area contributed by atoms with Gasteiger partial charge in [-0.3, -0.25) is 4.79 Å². The normalized spacial score (nSPS) is 10.8. The summed E-state index contributed by atoms with van der Waals surface area (Å²) >= 11 is 5.85. The summed E-state index contributed by atoms with van der Waals surface area (Å²) in [6, 6.07) is 12.1. The molecule has 2 rings (SSSR count). The van der Waals surface area contributed by atoms with Gasteiger partial charge in [0, 0.05) is 5.56 Å². The summed E-state index contributed by atoms with van der Waals surface area (Å²) in [5, 5.41) is 8.15. The molecular weight excluding hydrogens is 262 g/mol. The van der Waals surface area contributed by atoms with Crippen LogP contribution >= 0.6 is 11.6 Å². The minimum Gasteiger partial charge on any atom is -0.287 e. The summed E-state index contributed by atoms with van der Waals surface area (Å²) in [4.78, 5) is 16.4. The summed E-state index contributed by atoms with van der Waals surface area (Å²) in [6.45, 7) is 2.41. The van der Waals surface area contributed by atoms with Crippen molar-refractivity contribution in [3.63, 3.8) is 0 Å². The molecule has 1 heterocycles. The highest BCUT2D eigenvalue weighted by Crippen LogP contribution is 2.23. The molecule has 0 saturated carbocycles. The molecule has 96 valence electrons. The topological polar surface area (TPSA) is 54.7 Å². The number of benzene rings is 1. The Morgan fingerprint density at radius 3 is 2.63 bits per heavy atom. The van der Waals surface area contributed by atoms with Gasteiger partial charge < -0.3 is 0 Å². The van der Waals surface area contributed by atoms with E-state index < -0.39 is 0 Å². The molecule has 0 aliphatic rings. The van der Waals surface area contributed by atoms with Gasteiger partial charge in [0.25, 0.3) is 0 Å².